The molecule has 0 amide bonds. The summed E-state index contributed by atoms with van der Waals surface area (Å²) in [5.74, 6) is 0.530. The number of hydrazone groups is 1. The Labute approximate surface area is 144 Å². The van der Waals surface area contributed by atoms with E-state index in [-0.39, 0.29) is 11.5 Å². The molecule has 0 aliphatic rings. The van der Waals surface area contributed by atoms with Gasteiger partial charge in [-0.3, -0.25) is 5.43 Å². The summed E-state index contributed by atoms with van der Waals surface area (Å²) in [4.78, 5) is 0. The van der Waals surface area contributed by atoms with Crippen LogP contribution in [0.3, 0.4) is 0 Å². The first-order valence-corrected chi connectivity index (χ1v) is 7.49. The number of methoxy groups -OCH3 is 2. The Morgan fingerprint density at radius 2 is 2.12 bits per heavy atom. The number of hydrogen-bond acceptors (Lipinski definition) is 6. The van der Waals surface area contributed by atoms with Crippen molar-refractivity contribution in [1.82, 2.24) is 10.7 Å². The Bertz CT molecular complexity index is 798. The molecule has 3 N–H and O–H groups in total. The van der Waals surface area contributed by atoms with E-state index in [1.165, 1.54) is 20.5 Å². The Kier molecular flexibility index (Phi) is 5.64. The number of nitrogens with one attached hydrogen (secondary N) is 2. The fourth-order valence-electron chi connectivity index (χ4n) is 2.26. The first-order valence-electron chi connectivity index (χ1n) is 7.08. The van der Waals surface area contributed by atoms with Gasteiger partial charge in [-0.15, -0.1) is 6.58 Å². The second-order valence-corrected chi connectivity index (χ2v) is 5.17. The third kappa shape index (κ3) is 3.28. The minimum absolute atomic E-state index is 0.121. The quantitative estimate of drug-likeness (QED) is 0.320. The van der Waals surface area contributed by atoms with Crippen LogP contribution in [-0.2, 0) is 0 Å². The molecular formula is C16H19N3O4S. The highest BCUT2D eigenvalue weighted by Crippen LogP contribution is 2.45. The summed E-state index contributed by atoms with van der Waals surface area (Å²) in [6.07, 6.45) is 3.18. The van der Waals surface area contributed by atoms with Gasteiger partial charge in [-0.1, -0.05) is 6.08 Å². The van der Waals surface area contributed by atoms with E-state index in [0.29, 0.717) is 39.7 Å². The van der Waals surface area contributed by atoms with Crippen molar-refractivity contribution >= 4 is 34.0 Å². The molecule has 0 unspecified atom stereocenters. The van der Waals surface area contributed by atoms with Crippen molar-refractivity contribution in [2.24, 2.45) is 5.10 Å². The lowest BCUT2D eigenvalue weighted by Gasteiger charge is -2.15. The molecule has 128 valence electrons. The van der Waals surface area contributed by atoms with Crippen LogP contribution >= 0.6 is 12.2 Å². The minimum Gasteiger partial charge on any atom is -0.504 e. The van der Waals surface area contributed by atoms with Crippen LogP contribution < -0.4 is 20.2 Å². The van der Waals surface area contributed by atoms with E-state index in [2.05, 4.69) is 22.4 Å². The Hall–Kier alpha value is -2.74. The van der Waals surface area contributed by atoms with Crippen LogP contribution in [0.1, 0.15) is 12.5 Å². The lowest BCUT2D eigenvalue weighted by molar-refractivity contribution is 0.364. The van der Waals surface area contributed by atoms with E-state index in [1.807, 2.05) is 0 Å². The van der Waals surface area contributed by atoms with Crippen molar-refractivity contribution in [1.29, 1.82) is 0 Å². The fraction of sp³-hybridized carbons (Fsp3) is 0.250. The molecule has 0 radical (unpaired) electrons. The van der Waals surface area contributed by atoms with Crippen LogP contribution in [0.5, 0.6) is 17.2 Å². The van der Waals surface area contributed by atoms with E-state index in [9.17, 15) is 5.11 Å². The standard InChI is InChI=1S/C16H19N3O4S/c1-5-7-17-16(24)19-18-9(2)11-12(20)15(22-4)14-10(6-8-23-14)13(11)21-3/h5-6,8,20H,1,7H2,2-4H3,(H2,17,19,24)/b18-9+. The zero-order valence-electron chi connectivity index (χ0n) is 13.7. The monoisotopic (exact) mass is 349 g/mol. The van der Waals surface area contributed by atoms with Gasteiger partial charge in [0, 0.05) is 6.54 Å². The zero-order valence-corrected chi connectivity index (χ0v) is 14.5. The molecule has 8 heteroatoms. The number of ether oxygens (including phenoxy) is 2. The van der Waals surface area contributed by atoms with Crippen molar-refractivity contribution in [2.45, 2.75) is 6.92 Å². The number of benzene rings is 1. The van der Waals surface area contributed by atoms with Crippen LogP contribution in [0, 0.1) is 0 Å². The van der Waals surface area contributed by atoms with Crippen molar-refractivity contribution in [2.75, 3.05) is 20.8 Å². The molecule has 24 heavy (non-hydrogen) atoms. The molecule has 0 aliphatic carbocycles. The van der Waals surface area contributed by atoms with Gasteiger partial charge in [0.05, 0.1) is 37.1 Å². The normalized spacial score (nSPS) is 11.2. The van der Waals surface area contributed by atoms with Crippen LogP contribution in [0.4, 0.5) is 0 Å². The lowest BCUT2D eigenvalue weighted by Crippen LogP contribution is -2.32. The van der Waals surface area contributed by atoms with Gasteiger partial charge in [0.1, 0.15) is 5.75 Å². The smallest absolute Gasteiger partial charge is 0.205 e. The summed E-state index contributed by atoms with van der Waals surface area (Å²) in [7, 11) is 2.96. The molecular weight excluding hydrogens is 330 g/mol. The van der Waals surface area contributed by atoms with E-state index >= 15 is 0 Å². The second-order valence-electron chi connectivity index (χ2n) is 4.76. The topological polar surface area (TPSA) is 88.3 Å². The molecule has 1 heterocycles. The highest BCUT2D eigenvalue weighted by Gasteiger charge is 2.24. The van der Waals surface area contributed by atoms with Crippen molar-refractivity contribution in [3.8, 4) is 17.2 Å². The Morgan fingerprint density at radius 1 is 1.42 bits per heavy atom. The molecule has 2 aromatic rings. The number of furan rings is 1. The van der Waals surface area contributed by atoms with E-state index in [4.69, 9.17) is 26.1 Å². The third-order valence-corrected chi connectivity index (χ3v) is 3.53. The highest BCUT2D eigenvalue weighted by molar-refractivity contribution is 7.80. The molecule has 1 aromatic carbocycles. The molecule has 0 saturated carbocycles. The molecule has 0 bridgehead atoms. The summed E-state index contributed by atoms with van der Waals surface area (Å²) >= 11 is 5.08. The predicted molar refractivity (Wildman–Crippen MR) is 97.1 cm³/mol. The average molecular weight is 349 g/mol. The fourth-order valence-corrected chi connectivity index (χ4v) is 2.39. The van der Waals surface area contributed by atoms with Crippen LogP contribution in [0.2, 0.25) is 0 Å². The molecule has 2 rings (SSSR count). The van der Waals surface area contributed by atoms with E-state index in [1.54, 1.807) is 19.1 Å². The van der Waals surface area contributed by atoms with Gasteiger partial charge in [0.2, 0.25) is 5.75 Å². The van der Waals surface area contributed by atoms with Gasteiger partial charge in [0.25, 0.3) is 0 Å². The predicted octanol–water partition coefficient (Wildman–Crippen LogP) is 2.53. The number of fused-ring (bicyclic) bond motifs is 1. The van der Waals surface area contributed by atoms with Gasteiger partial charge in [-0.25, -0.2) is 0 Å². The zero-order chi connectivity index (χ0) is 17.7. The number of thiocarbonyl (C=S) groups is 1. The summed E-state index contributed by atoms with van der Waals surface area (Å²) in [6.45, 7) is 5.83. The number of nitrogens with zero attached hydrogens (tertiary/aromatic N) is 1. The van der Waals surface area contributed by atoms with Crippen LogP contribution in [-0.4, -0.2) is 36.7 Å². The summed E-state index contributed by atoms with van der Waals surface area (Å²) in [5, 5.41) is 18.6. The summed E-state index contributed by atoms with van der Waals surface area (Å²) < 4.78 is 16.1. The molecule has 7 nitrogen and oxygen atoms in total. The number of aromatic hydroxyl groups is 1. The molecule has 0 aliphatic heterocycles. The maximum Gasteiger partial charge on any atom is 0.205 e. The lowest BCUT2D eigenvalue weighted by atomic mass is 10.0. The highest BCUT2D eigenvalue weighted by atomic mass is 32.1. The number of rotatable bonds is 6. The van der Waals surface area contributed by atoms with Gasteiger partial charge in [-0.2, -0.15) is 5.10 Å². The van der Waals surface area contributed by atoms with Gasteiger partial charge in [0.15, 0.2) is 16.4 Å². The largest absolute Gasteiger partial charge is 0.504 e. The first-order chi connectivity index (χ1) is 11.5. The third-order valence-electron chi connectivity index (χ3n) is 3.30. The Morgan fingerprint density at radius 3 is 2.75 bits per heavy atom. The van der Waals surface area contributed by atoms with Crippen molar-refractivity contribution < 1.29 is 19.0 Å². The molecule has 1 aromatic heterocycles. The summed E-state index contributed by atoms with van der Waals surface area (Å²) in [5.41, 5.74) is 3.96. The SMILES string of the molecule is C=CCNC(=S)N/N=C(\C)c1c(O)c(OC)c2occc2c1OC. The van der Waals surface area contributed by atoms with Crippen molar-refractivity contribution in [3.63, 3.8) is 0 Å². The van der Waals surface area contributed by atoms with Crippen LogP contribution in [0.15, 0.2) is 34.5 Å². The molecule has 0 fully saturated rings. The first kappa shape index (κ1) is 17.6. The number of hydrogen-bond donors (Lipinski definition) is 3. The van der Waals surface area contributed by atoms with Gasteiger partial charge < -0.3 is 24.3 Å². The second kappa shape index (κ2) is 7.69. The maximum atomic E-state index is 10.6. The molecule has 0 spiro atoms. The van der Waals surface area contributed by atoms with E-state index in [0.717, 1.165) is 0 Å². The summed E-state index contributed by atoms with van der Waals surface area (Å²) in [6, 6.07) is 1.73. The number of phenols is 1. The van der Waals surface area contributed by atoms with Crippen molar-refractivity contribution in [3.05, 3.63) is 30.5 Å². The average Bonchev–Trinajstić information content (AvgIpc) is 3.05. The van der Waals surface area contributed by atoms with E-state index < -0.39 is 0 Å². The number of phenolic OH excluding ortho intramolecular Hbond substituents is 1. The maximum absolute atomic E-state index is 10.6. The minimum atomic E-state index is -0.121. The molecule has 0 saturated heterocycles. The van der Waals surface area contributed by atoms with Gasteiger partial charge >= 0.3 is 0 Å². The molecule has 0 atom stereocenters. The van der Waals surface area contributed by atoms with Gasteiger partial charge in [-0.05, 0) is 25.2 Å². The van der Waals surface area contributed by atoms with Crippen LogP contribution in [0.25, 0.3) is 11.0 Å². The Balaban J connectivity index is 2.48.